The molecule has 0 aliphatic carbocycles. The van der Waals surface area contributed by atoms with Crippen molar-refractivity contribution in [2.24, 2.45) is 0 Å². The van der Waals surface area contributed by atoms with Crippen molar-refractivity contribution in [1.29, 1.82) is 0 Å². The van der Waals surface area contributed by atoms with Crippen molar-refractivity contribution in [3.8, 4) is 0 Å². The molecule has 1 aromatic rings. The van der Waals surface area contributed by atoms with Crippen molar-refractivity contribution < 1.29 is 4.79 Å². The van der Waals surface area contributed by atoms with E-state index in [1.807, 2.05) is 37.1 Å². The van der Waals surface area contributed by atoms with Crippen LogP contribution in [0, 0.1) is 6.92 Å². The van der Waals surface area contributed by atoms with Crippen molar-refractivity contribution in [3.63, 3.8) is 0 Å². The Morgan fingerprint density at radius 3 is 2.58 bits per heavy atom. The number of hydrogen-bond donors (Lipinski definition) is 1. The van der Waals surface area contributed by atoms with Crippen LogP contribution < -0.4 is 5.32 Å². The van der Waals surface area contributed by atoms with Crippen LogP contribution in [-0.2, 0) is 0 Å². The lowest BCUT2D eigenvalue weighted by Gasteiger charge is -2.32. The first-order valence-electron chi connectivity index (χ1n) is 6.34. The number of halogens is 2. The minimum Gasteiger partial charge on any atom is -0.339 e. The molecule has 1 aromatic carbocycles. The molecule has 0 bridgehead atoms. The van der Waals surface area contributed by atoms with Crippen molar-refractivity contribution in [1.82, 2.24) is 10.2 Å². The van der Waals surface area contributed by atoms with Crippen molar-refractivity contribution >= 4 is 34.2 Å². The molecule has 1 fully saturated rings. The predicted octanol–water partition coefficient (Wildman–Crippen LogP) is 3.00. The van der Waals surface area contributed by atoms with Gasteiger partial charge in [0.2, 0.25) is 0 Å². The number of nitrogens with zero attached hydrogens (tertiary/aromatic N) is 1. The number of aryl methyl sites for hydroxylation is 1. The second-order valence-corrected chi connectivity index (χ2v) is 5.73. The van der Waals surface area contributed by atoms with Crippen LogP contribution in [0.5, 0.6) is 0 Å². The molecule has 1 heterocycles. The lowest BCUT2D eigenvalue weighted by atomic mass is 10.0. The van der Waals surface area contributed by atoms with Gasteiger partial charge in [-0.15, -0.1) is 12.4 Å². The summed E-state index contributed by atoms with van der Waals surface area (Å²) >= 11 is 3.43. The van der Waals surface area contributed by atoms with E-state index in [4.69, 9.17) is 0 Å². The molecule has 0 radical (unpaired) electrons. The number of amides is 1. The zero-order chi connectivity index (χ0) is 13.1. The van der Waals surface area contributed by atoms with Gasteiger partial charge in [-0.2, -0.15) is 0 Å². The van der Waals surface area contributed by atoms with Gasteiger partial charge in [-0.1, -0.05) is 22.0 Å². The number of benzene rings is 1. The van der Waals surface area contributed by atoms with Crippen LogP contribution in [-0.4, -0.2) is 37.0 Å². The molecule has 0 spiro atoms. The summed E-state index contributed by atoms with van der Waals surface area (Å²) in [5, 5.41) is 3.28. The van der Waals surface area contributed by atoms with Gasteiger partial charge in [0, 0.05) is 29.2 Å². The van der Waals surface area contributed by atoms with Gasteiger partial charge in [-0.05, 0) is 44.5 Å². The standard InChI is InChI=1S/C14H19BrN2O.ClH/c1-10-3-4-11(15)9-13(10)14(18)17-7-5-12(16-2)6-8-17;/h3-4,9,12,16H,5-8H2,1-2H3;1H. The van der Waals surface area contributed by atoms with E-state index in [0.717, 1.165) is 41.5 Å². The van der Waals surface area contributed by atoms with Gasteiger partial charge in [-0.25, -0.2) is 0 Å². The quantitative estimate of drug-likeness (QED) is 0.892. The highest BCUT2D eigenvalue weighted by atomic mass is 79.9. The Morgan fingerprint density at radius 2 is 2.00 bits per heavy atom. The Labute approximate surface area is 129 Å². The zero-order valence-electron chi connectivity index (χ0n) is 11.3. The molecule has 1 aliphatic rings. The zero-order valence-corrected chi connectivity index (χ0v) is 13.7. The number of likely N-dealkylation sites (tertiary alicyclic amines) is 1. The minimum atomic E-state index is 0. The second kappa shape index (κ2) is 7.27. The Kier molecular flexibility index (Phi) is 6.30. The van der Waals surface area contributed by atoms with Gasteiger partial charge < -0.3 is 10.2 Å². The highest BCUT2D eigenvalue weighted by Crippen LogP contribution is 2.20. The molecule has 106 valence electrons. The highest BCUT2D eigenvalue weighted by molar-refractivity contribution is 9.10. The fourth-order valence-corrected chi connectivity index (χ4v) is 2.73. The summed E-state index contributed by atoms with van der Waals surface area (Å²) in [7, 11) is 1.99. The molecule has 1 saturated heterocycles. The van der Waals surface area contributed by atoms with Crippen LogP contribution in [0.2, 0.25) is 0 Å². The lowest BCUT2D eigenvalue weighted by molar-refractivity contribution is 0.0706. The van der Waals surface area contributed by atoms with E-state index in [2.05, 4.69) is 21.2 Å². The fraction of sp³-hybridized carbons (Fsp3) is 0.500. The van der Waals surface area contributed by atoms with E-state index >= 15 is 0 Å². The van der Waals surface area contributed by atoms with E-state index in [1.54, 1.807) is 0 Å². The Bertz CT molecular complexity index is 445. The average Bonchev–Trinajstić information content (AvgIpc) is 2.41. The predicted molar refractivity (Wildman–Crippen MR) is 84.1 cm³/mol. The van der Waals surface area contributed by atoms with Gasteiger partial charge in [0.05, 0.1) is 0 Å². The first-order chi connectivity index (χ1) is 8.61. The lowest BCUT2D eigenvalue weighted by Crippen LogP contribution is -2.44. The molecule has 1 amide bonds. The van der Waals surface area contributed by atoms with Crippen LogP contribution >= 0.6 is 28.3 Å². The van der Waals surface area contributed by atoms with Crippen LogP contribution in [0.25, 0.3) is 0 Å². The Hall–Kier alpha value is -0.580. The summed E-state index contributed by atoms with van der Waals surface area (Å²) in [5.74, 6) is 0.156. The molecule has 0 saturated carbocycles. The van der Waals surface area contributed by atoms with Crippen LogP contribution in [0.15, 0.2) is 22.7 Å². The molecular formula is C14H20BrClN2O. The highest BCUT2D eigenvalue weighted by Gasteiger charge is 2.23. The summed E-state index contributed by atoms with van der Waals surface area (Å²) in [6.45, 7) is 3.67. The molecule has 2 rings (SSSR count). The van der Waals surface area contributed by atoms with Crippen LogP contribution in [0.1, 0.15) is 28.8 Å². The van der Waals surface area contributed by atoms with Crippen molar-refractivity contribution in [3.05, 3.63) is 33.8 Å². The first kappa shape index (κ1) is 16.5. The molecule has 0 unspecified atom stereocenters. The second-order valence-electron chi connectivity index (χ2n) is 4.81. The largest absolute Gasteiger partial charge is 0.339 e. The third-order valence-electron chi connectivity index (χ3n) is 3.62. The summed E-state index contributed by atoms with van der Waals surface area (Å²) in [5.41, 5.74) is 1.85. The Morgan fingerprint density at radius 1 is 1.37 bits per heavy atom. The molecular weight excluding hydrogens is 328 g/mol. The number of carbonyl (C=O) groups excluding carboxylic acids is 1. The number of carbonyl (C=O) groups is 1. The molecule has 1 aliphatic heterocycles. The third kappa shape index (κ3) is 3.94. The van der Waals surface area contributed by atoms with Crippen molar-refractivity contribution in [2.45, 2.75) is 25.8 Å². The van der Waals surface area contributed by atoms with E-state index < -0.39 is 0 Å². The maximum atomic E-state index is 12.5. The number of hydrogen-bond acceptors (Lipinski definition) is 2. The van der Waals surface area contributed by atoms with Gasteiger partial charge in [0.25, 0.3) is 5.91 Å². The van der Waals surface area contributed by atoms with Gasteiger partial charge in [0.15, 0.2) is 0 Å². The van der Waals surface area contributed by atoms with E-state index in [9.17, 15) is 4.79 Å². The summed E-state index contributed by atoms with van der Waals surface area (Å²) in [6.07, 6.45) is 2.07. The molecule has 3 nitrogen and oxygen atoms in total. The monoisotopic (exact) mass is 346 g/mol. The summed E-state index contributed by atoms with van der Waals surface area (Å²) < 4.78 is 0.960. The van der Waals surface area contributed by atoms with Gasteiger partial charge in [0.1, 0.15) is 0 Å². The van der Waals surface area contributed by atoms with Crippen LogP contribution in [0.4, 0.5) is 0 Å². The smallest absolute Gasteiger partial charge is 0.254 e. The van der Waals surface area contributed by atoms with E-state index in [-0.39, 0.29) is 18.3 Å². The average molecular weight is 348 g/mol. The minimum absolute atomic E-state index is 0. The summed E-state index contributed by atoms with van der Waals surface area (Å²) in [4.78, 5) is 14.4. The number of nitrogens with one attached hydrogen (secondary N) is 1. The summed E-state index contributed by atoms with van der Waals surface area (Å²) in [6, 6.07) is 6.43. The molecule has 19 heavy (non-hydrogen) atoms. The van der Waals surface area contributed by atoms with Gasteiger partial charge >= 0.3 is 0 Å². The number of rotatable bonds is 2. The van der Waals surface area contributed by atoms with E-state index in [1.165, 1.54) is 0 Å². The fourth-order valence-electron chi connectivity index (χ4n) is 2.37. The molecule has 5 heteroatoms. The first-order valence-corrected chi connectivity index (χ1v) is 7.14. The number of piperidine rings is 1. The SMILES string of the molecule is CNC1CCN(C(=O)c2cc(Br)ccc2C)CC1.Cl. The topological polar surface area (TPSA) is 32.3 Å². The maximum Gasteiger partial charge on any atom is 0.254 e. The normalized spacial score (nSPS) is 16.1. The van der Waals surface area contributed by atoms with Crippen LogP contribution in [0.3, 0.4) is 0 Å². The van der Waals surface area contributed by atoms with Crippen molar-refractivity contribution in [2.75, 3.05) is 20.1 Å². The molecule has 0 atom stereocenters. The van der Waals surface area contributed by atoms with E-state index in [0.29, 0.717) is 6.04 Å². The van der Waals surface area contributed by atoms with Gasteiger partial charge in [-0.3, -0.25) is 4.79 Å². The molecule has 1 N–H and O–H groups in total. The third-order valence-corrected chi connectivity index (χ3v) is 4.11. The molecule has 0 aromatic heterocycles. The Balaban J connectivity index is 0.00000180. The maximum absolute atomic E-state index is 12.5.